The van der Waals surface area contributed by atoms with Crippen molar-refractivity contribution in [1.82, 2.24) is 0 Å². The van der Waals surface area contributed by atoms with Crippen molar-refractivity contribution in [3.05, 3.63) is 69.9 Å². The molecule has 5 rings (SSSR count). The molecule has 2 aliphatic heterocycles. The van der Waals surface area contributed by atoms with E-state index < -0.39 is 5.97 Å². The van der Waals surface area contributed by atoms with Crippen LogP contribution >= 0.6 is 0 Å². The maximum Gasteiger partial charge on any atom is 0.337 e. The van der Waals surface area contributed by atoms with E-state index >= 15 is 0 Å². The van der Waals surface area contributed by atoms with E-state index in [9.17, 15) is 9.59 Å². The minimum atomic E-state index is -0.465. The van der Waals surface area contributed by atoms with Crippen LogP contribution in [0, 0.1) is 0 Å². The monoisotopic (exact) mass is 448 g/mol. The van der Waals surface area contributed by atoms with Crippen molar-refractivity contribution >= 4 is 28.5 Å². The molecule has 0 aliphatic carbocycles. The topological polar surface area (TPSA) is 72.2 Å². The highest BCUT2D eigenvalue weighted by Gasteiger charge is 2.31. The fourth-order valence-electron chi connectivity index (χ4n) is 4.95. The van der Waals surface area contributed by atoms with Crippen LogP contribution in [-0.2, 0) is 9.47 Å². The Morgan fingerprint density at radius 1 is 1.12 bits per heavy atom. The summed E-state index contributed by atoms with van der Waals surface area (Å²) in [5.74, 6) is 0.0758. The lowest BCUT2D eigenvalue weighted by Crippen LogP contribution is -2.41. The SMILES string of the molecule is COC(=O)c1cc(C2CCCN2c2ccccc2)c2oc(N3CCO[C@H](C)C3)cc(=O)c2c1. The molecular weight excluding hydrogens is 420 g/mol. The number of fused-ring (bicyclic) bond motifs is 1. The number of anilines is 2. The van der Waals surface area contributed by atoms with Crippen LogP contribution in [0.5, 0.6) is 0 Å². The first-order valence-corrected chi connectivity index (χ1v) is 11.4. The molecule has 2 aliphatic rings. The van der Waals surface area contributed by atoms with E-state index in [1.165, 1.54) is 13.2 Å². The van der Waals surface area contributed by atoms with Gasteiger partial charge in [-0.1, -0.05) is 18.2 Å². The molecule has 2 saturated heterocycles. The van der Waals surface area contributed by atoms with E-state index in [0.717, 1.165) is 30.6 Å². The highest BCUT2D eigenvalue weighted by molar-refractivity contribution is 5.95. The van der Waals surface area contributed by atoms with E-state index in [1.54, 1.807) is 6.07 Å². The number of nitrogens with zero attached hydrogens (tertiary/aromatic N) is 2. The van der Waals surface area contributed by atoms with Crippen molar-refractivity contribution in [2.75, 3.05) is 43.2 Å². The van der Waals surface area contributed by atoms with Crippen molar-refractivity contribution in [2.24, 2.45) is 0 Å². The molecule has 33 heavy (non-hydrogen) atoms. The van der Waals surface area contributed by atoms with Crippen LogP contribution < -0.4 is 15.2 Å². The van der Waals surface area contributed by atoms with Crippen molar-refractivity contribution in [2.45, 2.75) is 31.9 Å². The highest BCUT2D eigenvalue weighted by Crippen LogP contribution is 2.40. The fraction of sp³-hybridized carbons (Fsp3) is 0.385. The van der Waals surface area contributed by atoms with E-state index in [2.05, 4.69) is 21.9 Å². The number of para-hydroxylation sites is 1. The standard InChI is InChI=1S/C26H28N2O5/c1-17-16-27(11-12-32-17)24-15-23(29)21-14-18(26(30)31-2)13-20(25(21)33-24)22-9-6-10-28(22)19-7-4-3-5-8-19/h3-5,7-8,13-15,17,22H,6,9-12,16H2,1-2H3/t17-,22?/m1/s1. The van der Waals surface area contributed by atoms with Crippen molar-refractivity contribution in [3.63, 3.8) is 0 Å². The summed E-state index contributed by atoms with van der Waals surface area (Å²) in [6, 6.07) is 15.1. The molecule has 1 unspecified atom stereocenters. The lowest BCUT2D eigenvalue weighted by Gasteiger charge is -2.32. The fourth-order valence-corrected chi connectivity index (χ4v) is 4.95. The Morgan fingerprint density at radius 2 is 1.94 bits per heavy atom. The molecule has 2 aromatic carbocycles. The molecule has 7 nitrogen and oxygen atoms in total. The number of ether oxygens (including phenoxy) is 2. The van der Waals surface area contributed by atoms with Crippen LogP contribution in [0.25, 0.3) is 11.0 Å². The predicted molar refractivity (Wildman–Crippen MR) is 127 cm³/mol. The highest BCUT2D eigenvalue weighted by atomic mass is 16.5. The third kappa shape index (κ3) is 4.09. The van der Waals surface area contributed by atoms with Gasteiger partial charge in [0.2, 0.25) is 0 Å². The molecule has 0 amide bonds. The van der Waals surface area contributed by atoms with Crippen molar-refractivity contribution < 1.29 is 18.7 Å². The zero-order valence-electron chi connectivity index (χ0n) is 19.0. The molecule has 2 atom stereocenters. The smallest absolute Gasteiger partial charge is 0.337 e. The summed E-state index contributed by atoms with van der Waals surface area (Å²) in [5, 5.41) is 0.401. The van der Waals surface area contributed by atoms with E-state index in [1.807, 2.05) is 31.2 Å². The molecule has 1 aromatic heterocycles. The zero-order chi connectivity index (χ0) is 22.9. The number of hydrogen-bond acceptors (Lipinski definition) is 7. The van der Waals surface area contributed by atoms with Crippen LogP contribution in [0.2, 0.25) is 0 Å². The summed E-state index contributed by atoms with van der Waals surface area (Å²) in [6.07, 6.45) is 1.97. The van der Waals surface area contributed by atoms with Crippen molar-refractivity contribution in [1.29, 1.82) is 0 Å². The number of rotatable bonds is 4. The first-order valence-electron chi connectivity index (χ1n) is 11.4. The summed E-state index contributed by atoms with van der Waals surface area (Å²) < 4.78 is 17.0. The molecule has 0 N–H and O–H groups in total. The van der Waals surface area contributed by atoms with Gasteiger partial charge in [0.25, 0.3) is 0 Å². The van der Waals surface area contributed by atoms with Crippen LogP contribution in [-0.4, -0.2) is 45.4 Å². The third-order valence-electron chi connectivity index (χ3n) is 6.52. The number of carbonyl (C=O) groups is 1. The van der Waals surface area contributed by atoms with Crippen molar-refractivity contribution in [3.8, 4) is 0 Å². The minimum Gasteiger partial charge on any atom is -0.465 e. The number of esters is 1. The lowest BCUT2D eigenvalue weighted by atomic mass is 9.98. The number of morpholine rings is 1. The molecule has 7 heteroatoms. The average Bonchev–Trinajstić information content (AvgIpc) is 3.33. The summed E-state index contributed by atoms with van der Waals surface area (Å²) >= 11 is 0. The molecule has 3 heterocycles. The number of benzene rings is 2. The average molecular weight is 449 g/mol. The van der Waals surface area contributed by atoms with Gasteiger partial charge in [-0.2, -0.15) is 0 Å². The first kappa shape index (κ1) is 21.5. The quantitative estimate of drug-likeness (QED) is 0.555. The summed E-state index contributed by atoms with van der Waals surface area (Å²) in [7, 11) is 1.35. The third-order valence-corrected chi connectivity index (χ3v) is 6.52. The molecule has 172 valence electrons. The van der Waals surface area contributed by atoms with Crippen LogP contribution in [0.1, 0.15) is 41.7 Å². The molecule has 3 aromatic rings. The van der Waals surface area contributed by atoms with Crippen LogP contribution in [0.4, 0.5) is 11.6 Å². The zero-order valence-corrected chi connectivity index (χ0v) is 19.0. The molecule has 0 spiro atoms. The normalized spacial score (nSPS) is 20.9. The first-order chi connectivity index (χ1) is 16.0. The van der Waals surface area contributed by atoms with Gasteiger partial charge >= 0.3 is 5.97 Å². The Kier molecular flexibility index (Phi) is 5.81. The Hall–Kier alpha value is -3.32. The van der Waals surface area contributed by atoms with Gasteiger partial charge in [-0.15, -0.1) is 0 Å². The van der Waals surface area contributed by atoms with Crippen LogP contribution in [0.15, 0.2) is 57.7 Å². The Bertz CT molecular complexity index is 1220. The predicted octanol–water partition coefficient (Wildman–Crippen LogP) is 4.15. The number of methoxy groups -OCH3 is 1. The largest absolute Gasteiger partial charge is 0.465 e. The maximum atomic E-state index is 13.2. The molecular formula is C26H28N2O5. The summed E-state index contributed by atoms with van der Waals surface area (Å²) in [5.41, 5.74) is 2.69. The van der Waals surface area contributed by atoms with Gasteiger partial charge in [0.15, 0.2) is 11.3 Å². The van der Waals surface area contributed by atoms with Gasteiger partial charge in [-0.05, 0) is 44.0 Å². The van der Waals surface area contributed by atoms with E-state index in [0.29, 0.717) is 42.1 Å². The summed E-state index contributed by atoms with van der Waals surface area (Å²) in [6.45, 7) is 4.80. The van der Waals surface area contributed by atoms with Crippen LogP contribution in [0.3, 0.4) is 0 Å². The minimum absolute atomic E-state index is 0.0125. The second-order valence-electron chi connectivity index (χ2n) is 8.70. The van der Waals surface area contributed by atoms with Gasteiger partial charge < -0.3 is 23.7 Å². The maximum absolute atomic E-state index is 13.2. The molecule has 0 saturated carbocycles. The molecule has 0 bridgehead atoms. The van der Waals surface area contributed by atoms with Gasteiger partial charge in [0.05, 0.1) is 36.8 Å². The molecule has 0 radical (unpaired) electrons. The van der Waals surface area contributed by atoms with E-state index in [4.69, 9.17) is 13.9 Å². The second kappa shape index (κ2) is 8.90. The Morgan fingerprint density at radius 3 is 2.70 bits per heavy atom. The number of hydrogen-bond donors (Lipinski definition) is 0. The van der Waals surface area contributed by atoms with Gasteiger partial charge in [0, 0.05) is 37.0 Å². The number of carbonyl (C=O) groups excluding carboxylic acids is 1. The second-order valence-corrected chi connectivity index (χ2v) is 8.70. The van der Waals surface area contributed by atoms with E-state index in [-0.39, 0.29) is 17.6 Å². The Labute approximate surface area is 192 Å². The molecule has 2 fully saturated rings. The summed E-state index contributed by atoms with van der Waals surface area (Å²) in [4.78, 5) is 30.0. The van der Waals surface area contributed by atoms with Gasteiger partial charge in [-0.25, -0.2) is 4.79 Å². The lowest BCUT2D eigenvalue weighted by molar-refractivity contribution is 0.0517. The van der Waals surface area contributed by atoms with Gasteiger partial charge in [0.1, 0.15) is 5.58 Å². The Balaban J connectivity index is 1.68. The van der Waals surface area contributed by atoms with Gasteiger partial charge in [-0.3, -0.25) is 4.79 Å².